The van der Waals surface area contributed by atoms with Crippen molar-refractivity contribution < 1.29 is 23.1 Å². The number of carbonyl (C=O) groups excluding carboxylic acids is 1. The molecule has 0 aliphatic carbocycles. The van der Waals surface area contributed by atoms with Crippen molar-refractivity contribution in [3.05, 3.63) is 47.5 Å². The molecule has 1 aromatic carbocycles. The van der Waals surface area contributed by atoms with Crippen LogP contribution in [0.15, 0.2) is 36.4 Å². The second-order valence-corrected chi connectivity index (χ2v) is 3.57. The van der Waals surface area contributed by atoms with Crippen molar-refractivity contribution in [2.24, 2.45) is 0 Å². The number of carbonyl (C=O) groups is 1. The van der Waals surface area contributed by atoms with Crippen LogP contribution in [-0.2, 0) is 11.0 Å². The lowest BCUT2D eigenvalue weighted by Crippen LogP contribution is -2.15. The lowest BCUT2D eigenvalue weighted by molar-refractivity contribution is -0.139. The molecule has 92 valence electrons. The highest BCUT2D eigenvalue weighted by Gasteiger charge is 2.35. The largest absolute Gasteiger partial charge is 0.416 e. The summed E-state index contributed by atoms with van der Waals surface area (Å²) in [4.78, 5) is 11.0. The van der Waals surface area contributed by atoms with Crippen LogP contribution in [0.2, 0.25) is 0 Å². The molecule has 0 aliphatic rings. The van der Waals surface area contributed by atoms with E-state index in [1.807, 2.05) is 0 Å². The number of ketones is 1. The van der Waals surface area contributed by atoms with Crippen molar-refractivity contribution in [1.82, 2.24) is 0 Å². The normalized spacial score (nSPS) is 13.2. The van der Waals surface area contributed by atoms with Gasteiger partial charge in [0, 0.05) is 5.57 Å². The number of rotatable bonds is 3. The predicted octanol–water partition coefficient (Wildman–Crippen LogP) is 2.88. The van der Waals surface area contributed by atoms with Crippen LogP contribution in [0.4, 0.5) is 13.2 Å². The zero-order valence-electron chi connectivity index (χ0n) is 9.08. The van der Waals surface area contributed by atoms with Gasteiger partial charge in [-0.2, -0.15) is 13.2 Å². The standard InChI is InChI=1S/C12H11F3O2/c1-7(8(2)16)11(17)9-5-3-4-6-10(9)12(13,14)15/h3-6,11,17H,1H2,2H3. The van der Waals surface area contributed by atoms with Crippen LogP contribution < -0.4 is 0 Å². The molecule has 1 N–H and O–H groups in total. The van der Waals surface area contributed by atoms with Crippen LogP contribution in [0.1, 0.15) is 24.2 Å². The van der Waals surface area contributed by atoms with Gasteiger partial charge in [-0.05, 0) is 18.6 Å². The average Bonchev–Trinajstić information content (AvgIpc) is 2.25. The Hall–Kier alpha value is -1.62. The quantitative estimate of drug-likeness (QED) is 0.830. The van der Waals surface area contributed by atoms with Gasteiger partial charge in [-0.15, -0.1) is 0 Å². The molecule has 0 spiro atoms. The second kappa shape index (κ2) is 4.71. The molecule has 0 bridgehead atoms. The van der Waals surface area contributed by atoms with E-state index in [2.05, 4.69) is 6.58 Å². The third-order valence-corrected chi connectivity index (χ3v) is 2.34. The van der Waals surface area contributed by atoms with E-state index in [1.165, 1.54) is 12.1 Å². The topological polar surface area (TPSA) is 37.3 Å². The number of hydrogen-bond acceptors (Lipinski definition) is 2. The second-order valence-electron chi connectivity index (χ2n) is 3.57. The molecule has 5 heteroatoms. The number of halogens is 3. The Kier molecular flexibility index (Phi) is 3.72. The zero-order valence-corrected chi connectivity index (χ0v) is 9.08. The third kappa shape index (κ3) is 2.94. The van der Waals surface area contributed by atoms with Crippen LogP contribution in [0.3, 0.4) is 0 Å². The molecule has 1 rings (SSSR count). The maximum absolute atomic E-state index is 12.6. The van der Waals surface area contributed by atoms with Gasteiger partial charge in [-0.3, -0.25) is 4.79 Å². The molecule has 1 aromatic rings. The smallest absolute Gasteiger partial charge is 0.384 e. The minimum absolute atomic E-state index is 0.262. The van der Waals surface area contributed by atoms with Gasteiger partial charge in [0.25, 0.3) is 0 Å². The molecule has 1 atom stereocenters. The number of hydrogen-bond donors (Lipinski definition) is 1. The Labute approximate surface area is 96.4 Å². The first kappa shape index (κ1) is 13.4. The molecular formula is C12H11F3O2. The van der Waals surface area contributed by atoms with E-state index < -0.39 is 23.6 Å². The summed E-state index contributed by atoms with van der Waals surface area (Å²) in [5.74, 6) is -0.547. The Morgan fingerprint density at radius 1 is 1.35 bits per heavy atom. The summed E-state index contributed by atoms with van der Waals surface area (Å²) in [7, 11) is 0. The SMILES string of the molecule is C=C(C(C)=O)C(O)c1ccccc1C(F)(F)F. The Balaban J connectivity index is 3.23. The summed E-state index contributed by atoms with van der Waals surface area (Å²) < 4.78 is 37.9. The van der Waals surface area contributed by atoms with E-state index in [9.17, 15) is 23.1 Å². The lowest BCUT2D eigenvalue weighted by atomic mass is 9.95. The summed E-state index contributed by atoms with van der Waals surface area (Å²) >= 11 is 0. The first-order valence-electron chi connectivity index (χ1n) is 4.79. The van der Waals surface area contributed by atoms with Crippen molar-refractivity contribution in [3.63, 3.8) is 0 Å². The maximum Gasteiger partial charge on any atom is 0.416 e. The van der Waals surface area contributed by atoms with Crippen LogP contribution in [-0.4, -0.2) is 10.9 Å². The summed E-state index contributed by atoms with van der Waals surface area (Å²) in [6, 6.07) is 4.56. The van der Waals surface area contributed by atoms with E-state index in [0.29, 0.717) is 0 Å². The highest BCUT2D eigenvalue weighted by atomic mass is 19.4. The summed E-state index contributed by atoms with van der Waals surface area (Å²) in [5.41, 5.74) is -1.59. The fourth-order valence-corrected chi connectivity index (χ4v) is 1.37. The van der Waals surface area contributed by atoms with Crippen molar-refractivity contribution in [2.45, 2.75) is 19.2 Å². The zero-order chi connectivity index (χ0) is 13.2. The summed E-state index contributed by atoms with van der Waals surface area (Å²) in [6.45, 7) is 4.43. The molecule has 0 amide bonds. The molecular weight excluding hydrogens is 233 g/mol. The molecule has 0 saturated heterocycles. The van der Waals surface area contributed by atoms with Crippen molar-refractivity contribution in [3.8, 4) is 0 Å². The summed E-state index contributed by atoms with van der Waals surface area (Å²) in [5, 5.41) is 9.68. The molecule has 2 nitrogen and oxygen atoms in total. The van der Waals surface area contributed by atoms with Gasteiger partial charge in [0.1, 0.15) is 6.10 Å². The van der Waals surface area contributed by atoms with Crippen LogP contribution >= 0.6 is 0 Å². The first-order valence-corrected chi connectivity index (χ1v) is 4.79. The van der Waals surface area contributed by atoms with Gasteiger partial charge in [-0.1, -0.05) is 24.8 Å². The number of alkyl halides is 3. The van der Waals surface area contributed by atoms with E-state index in [4.69, 9.17) is 0 Å². The molecule has 0 radical (unpaired) electrons. The monoisotopic (exact) mass is 244 g/mol. The molecule has 17 heavy (non-hydrogen) atoms. The van der Waals surface area contributed by atoms with E-state index in [-0.39, 0.29) is 11.1 Å². The highest BCUT2D eigenvalue weighted by Crippen LogP contribution is 2.36. The first-order chi connectivity index (χ1) is 7.75. The number of Topliss-reactive ketones (excluding diaryl/α,β-unsaturated/α-hetero) is 1. The minimum Gasteiger partial charge on any atom is -0.384 e. The van der Waals surface area contributed by atoms with Crippen molar-refractivity contribution in [1.29, 1.82) is 0 Å². The van der Waals surface area contributed by atoms with Crippen LogP contribution in [0.25, 0.3) is 0 Å². The molecule has 0 aliphatic heterocycles. The lowest BCUT2D eigenvalue weighted by Gasteiger charge is -2.17. The van der Waals surface area contributed by atoms with Gasteiger partial charge in [0.05, 0.1) is 5.56 Å². The fourth-order valence-electron chi connectivity index (χ4n) is 1.37. The van der Waals surface area contributed by atoms with Crippen molar-refractivity contribution >= 4 is 5.78 Å². The van der Waals surface area contributed by atoms with E-state index in [1.54, 1.807) is 0 Å². The van der Waals surface area contributed by atoms with Gasteiger partial charge in [-0.25, -0.2) is 0 Å². The number of aliphatic hydroxyl groups excluding tert-OH is 1. The van der Waals surface area contributed by atoms with Gasteiger partial charge in [0.15, 0.2) is 5.78 Å². The minimum atomic E-state index is -4.57. The number of aliphatic hydroxyl groups is 1. The molecule has 0 heterocycles. The van der Waals surface area contributed by atoms with Crippen LogP contribution in [0, 0.1) is 0 Å². The highest BCUT2D eigenvalue weighted by molar-refractivity contribution is 5.93. The molecule has 0 aromatic heterocycles. The van der Waals surface area contributed by atoms with Crippen LogP contribution in [0.5, 0.6) is 0 Å². The van der Waals surface area contributed by atoms with Gasteiger partial charge in [0.2, 0.25) is 0 Å². The Morgan fingerprint density at radius 2 is 1.88 bits per heavy atom. The fraction of sp³-hybridized carbons (Fsp3) is 0.250. The average molecular weight is 244 g/mol. The molecule has 1 unspecified atom stereocenters. The maximum atomic E-state index is 12.6. The Morgan fingerprint density at radius 3 is 2.35 bits per heavy atom. The van der Waals surface area contributed by atoms with Gasteiger partial charge >= 0.3 is 6.18 Å². The Bertz CT molecular complexity index is 449. The predicted molar refractivity (Wildman–Crippen MR) is 56.2 cm³/mol. The third-order valence-electron chi connectivity index (χ3n) is 2.34. The van der Waals surface area contributed by atoms with E-state index >= 15 is 0 Å². The van der Waals surface area contributed by atoms with Gasteiger partial charge < -0.3 is 5.11 Å². The van der Waals surface area contributed by atoms with Crippen molar-refractivity contribution in [2.75, 3.05) is 0 Å². The number of benzene rings is 1. The summed E-state index contributed by atoms with van der Waals surface area (Å²) in [6.07, 6.45) is -6.21. The molecule has 0 saturated carbocycles. The van der Waals surface area contributed by atoms with E-state index in [0.717, 1.165) is 19.1 Å². The molecule has 0 fully saturated rings.